The second-order valence-electron chi connectivity index (χ2n) is 6.57. The van der Waals surface area contributed by atoms with Crippen molar-refractivity contribution in [2.45, 2.75) is 58.5 Å². The van der Waals surface area contributed by atoms with Crippen molar-refractivity contribution in [3.05, 3.63) is 35.9 Å². The molecule has 2 amide bonds. The van der Waals surface area contributed by atoms with E-state index in [1.54, 1.807) is 0 Å². The maximum absolute atomic E-state index is 12.5. The quantitative estimate of drug-likeness (QED) is 0.391. The number of hydrogen-bond acceptors (Lipinski definition) is 4. The lowest BCUT2D eigenvalue weighted by atomic mass is 10.0. The Hall–Kier alpha value is -2.21. The minimum absolute atomic E-state index is 0.183. The molecule has 0 spiro atoms. The Morgan fingerprint density at radius 2 is 1.77 bits per heavy atom. The molecular weight excluding hydrogens is 330 g/mol. The molecule has 0 aliphatic heterocycles. The van der Waals surface area contributed by atoms with Crippen LogP contribution >= 0.6 is 0 Å². The molecule has 1 aromatic carbocycles. The van der Waals surface area contributed by atoms with Gasteiger partial charge in [-0.05, 0) is 37.8 Å². The monoisotopic (exact) mass is 361 g/mol. The summed E-state index contributed by atoms with van der Waals surface area (Å²) in [5.41, 5.74) is 6.41. The Kier molecular flexibility index (Phi) is 10.2. The minimum atomic E-state index is -0.802. The Morgan fingerprint density at radius 1 is 1.08 bits per heavy atom. The van der Waals surface area contributed by atoms with Gasteiger partial charge in [0.05, 0.1) is 6.04 Å². The van der Waals surface area contributed by atoms with E-state index in [1.165, 1.54) is 0 Å². The molecule has 0 aliphatic carbocycles. The van der Waals surface area contributed by atoms with Crippen LogP contribution in [0, 0.1) is 5.92 Å². The molecule has 144 valence electrons. The molecule has 0 bridgehead atoms. The summed E-state index contributed by atoms with van der Waals surface area (Å²) in [5, 5.41) is 5.38. The predicted molar refractivity (Wildman–Crippen MR) is 102 cm³/mol. The third-order valence-corrected chi connectivity index (χ3v) is 4.27. The van der Waals surface area contributed by atoms with Crippen molar-refractivity contribution < 1.29 is 14.4 Å². The van der Waals surface area contributed by atoms with Crippen LogP contribution < -0.4 is 16.4 Å². The minimum Gasteiger partial charge on any atom is -0.345 e. The molecule has 0 aromatic heterocycles. The van der Waals surface area contributed by atoms with E-state index in [-0.39, 0.29) is 18.4 Å². The Labute approximate surface area is 155 Å². The van der Waals surface area contributed by atoms with Crippen LogP contribution in [0.5, 0.6) is 0 Å². The van der Waals surface area contributed by atoms with Crippen molar-refractivity contribution in [3.63, 3.8) is 0 Å². The summed E-state index contributed by atoms with van der Waals surface area (Å²) in [6, 6.07) is 8.57. The molecule has 0 aliphatic rings. The average Bonchev–Trinajstić information content (AvgIpc) is 2.65. The Morgan fingerprint density at radius 3 is 2.38 bits per heavy atom. The SMILES string of the molecule is CCCC(C)C(=O)NC(CCCCN)C(=O)C(=O)NCc1ccccc1. The Bertz CT molecular complexity index is 575. The van der Waals surface area contributed by atoms with Crippen molar-refractivity contribution in [1.82, 2.24) is 10.6 Å². The van der Waals surface area contributed by atoms with Crippen molar-refractivity contribution >= 4 is 17.6 Å². The molecule has 6 nitrogen and oxygen atoms in total. The molecule has 2 atom stereocenters. The zero-order valence-electron chi connectivity index (χ0n) is 15.8. The summed E-state index contributed by atoms with van der Waals surface area (Å²) in [7, 11) is 0. The van der Waals surface area contributed by atoms with Gasteiger partial charge < -0.3 is 16.4 Å². The molecule has 1 rings (SSSR count). The van der Waals surface area contributed by atoms with Crippen molar-refractivity contribution in [2.75, 3.05) is 6.54 Å². The third kappa shape index (κ3) is 7.78. The number of benzene rings is 1. The van der Waals surface area contributed by atoms with Gasteiger partial charge in [0.2, 0.25) is 11.7 Å². The number of nitrogens with one attached hydrogen (secondary N) is 2. The molecule has 0 fully saturated rings. The van der Waals surface area contributed by atoms with E-state index in [0.717, 1.165) is 24.8 Å². The van der Waals surface area contributed by atoms with Gasteiger partial charge in [0.15, 0.2) is 0 Å². The number of hydrogen-bond donors (Lipinski definition) is 3. The van der Waals surface area contributed by atoms with Gasteiger partial charge in [0, 0.05) is 12.5 Å². The van der Waals surface area contributed by atoms with E-state index in [4.69, 9.17) is 5.73 Å². The number of rotatable bonds is 12. The van der Waals surface area contributed by atoms with Gasteiger partial charge in [-0.3, -0.25) is 14.4 Å². The standard InChI is InChI=1S/C20H31N3O3/c1-3-9-15(2)19(25)23-17(12-7-8-13-21)18(24)20(26)22-14-16-10-5-4-6-11-16/h4-6,10-11,15,17H,3,7-9,12-14,21H2,1-2H3,(H,22,26)(H,23,25). The van der Waals surface area contributed by atoms with Crippen LogP contribution in [0.25, 0.3) is 0 Å². The summed E-state index contributed by atoms with van der Waals surface area (Å²) >= 11 is 0. The fraction of sp³-hybridized carbons (Fsp3) is 0.550. The first kappa shape index (κ1) is 21.8. The second kappa shape index (κ2) is 12.2. The molecule has 4 N–H and O–H groups in total. The molecule has 0 radical (unpaired) electrons. The number of carbonyl (C=O) groups excluding carboxylic acids is 3. The lowest BCUT2D eigenvalue weighted by Crippen LogP contribution is -2.48. The van der Waals surface area contributed by atoms with E-state index in [0.29, 0.717) is 19.4 Å². The van der Waals surface area contributed by atoms with Gasteiger partial charge in [0.1, 0.15) is 0 Å². The molecule has 0 saturated carbocycles. The number of carbonyl (C=O) groups is 3. The van der Waals surface area contributed by atoms with E-state index in [1.807, 2.05) is 44.2 Å². The highest BCUT2D eigenvalue weighted by atomic mass is 16.2. The fourth-order valence-electron chi connectivity index (χ4n) is 2.66. The van der Waals surface area contributed by atoms with Crippen LogP contribution in [-0.4, -0.2) is 30.2 Å². The first-order valence-electron chi connectivity index (χ1n) is 9.36. The maximum atomic E-state index is 12.5. The zero-order valence-corrected chi connectivity index (χ0v) is 15.8. The predicted octanol–water partition coefficient (Wildman–Crippen LogP) is 1.92. The number of nitrogens with two attached hydrogens (primary N) is 1. The number of amides is 2. The van der Waals surface area contributed by atoms with Crippen LogP contribution in [-0.2, 0) is 20.9 Å². The smallest absolute Gasteiger partial charge is 0.289 e. The number of Topliss-reactive ketones (excluding diaryl/α,β-unsaturated/α-hetero) is 1. The van der Waals surface area contributed by atoms with Crippen LogP contribution in [0.4, 0.5) is 0 Å². The molecular formula is C20H31N3O3. The van der Waals surface area contributed by atoms with Crippen LogP contribution in [0.3, 0.4) is 0 Å². The first-order valence-corrected chi connectivity index (χ1v) is 9.36. The summed E-state index contributed by atoms with van der Waals surface area (Å²) < 4.78 is 0. The lowest BCUT2D eigenvalue weighted by Gasteiger charge is -2.19. The van der Waals surface area contributed by atoms with E-state index in [2.05, 4.69) is 10.6 Å². The molecule has 0 heterocycles. The summed E-state index contributed by atoms with van der Waals surface area (Å²) in [6.07, 6.45) is 3.48. The zero-order chi connectivity index (χ0) is 19.4. The molecule has 1 aromatic rings. The highest BCUT2D eigenvalue weighted by molar-refractivity contribution is 6.38. The van der Waals surface area contributed by atoms with Gasteiger partial charge in [-0.2, -0.15) is 0 Å². The lowest BCUT2D eigenvalue weighted by molar-refractivity contribution is -0.140. The van der Waals surface area contributed by atoms with Crippen molar-refractivity contribution in [2.24, 2.45) is 11.7 Å². The van der Waals surface area contributed by atoms with E-state index < -0.39 is 17.7 Å². The van der Waals surface area contributed by atoms with Crippen LogP contribution in [0.15, 0.2) is 30.3 Å². The van der Waals surface area contributed by atoms with E-state index in [9.17, 15) is 14.4 Å². The number of unbranched alkanes of at least 4 members (excludes halogenated alkanes) is 1. The van der Waals surface area contributed by atoms with Crippen molar-refractivity contribution in [1.29, 1.82) is 0 Å². The largest absolute Gasteiger partial charge is 0.345 e. The number of ketones is 1. The van der Waals surface area contributed by atoms with Gasteiger partial charge in [-0.25, -0.2) is 0 Å². The van der Waals surface area contributed by atoms with Crippen LogP contribution in [0.1, 0.15) is 51.5 Å². The average molecular weight is 361 g/mol. The van der Waals surface area contributed by atoms with Gasteiger partial charge in [-0.15, -0.1) is 0 Å². The Balaban J connectivity index is 2.66. The normalized spacial score (nSPS) is 12.9. The van der Waals surface area contributed by atoms with Gasteiger partial charge >= 0.3 is 0 Å². The van der Waals surface area contributed by atoms with Crippen LogP contribution in [0.2, 0.25) is 0 Å². The highest BCUT2D eigenvalue weighted by Crippen LogP contribution is 2.08. The van der Waals surface area contributed by atoms with Gasteiger partial charge in [0.25, 0.3) is 5.91 Å². The first-order chi connectivity index (χ1) is 12.5. The molecule has 0 saturated heterocycles. The van der Waals surface area contributed by atoms with E-state index >= 15 is 0 Å². The molecule has 26 heavy (non-hydrogen) atoms. The second-order valence-corrected chi connectivity index (χ2v) is 6.57. The highest BCUT2D eigenvalue weighted by Gasteiger charge is 2.27. The topological polar surface area (TPSA) is 101 Å². The molecule has 2 unspecified atom stereocenters. The summed E-state index contributed by atoms with van der Waals surface area (Å²) in [4.78, 5) is 37.0. The fourth-order valence-corrected chi connectivity index (χ4v) is 2.66. The van der Waals surface area contributed by atoms with Crippen molar-refractivity contribution in [3.8, 4) is 0 Å². The maximum Gasteiger partial charge on any atom is 0.289 e. The van der Waals surface area contributed by atoms with Gasteiger partial charge in [-0.1, -0.05) is 50.6 Å². The molecule has 6 heteroatoms. The third-order valence-electron chi connectivity index (χ3n) is 4.27. The summed E-state index contributed by atoms with van der Waals surface area (Å²) in [6.45, 7) is 4.63. The summed E-state index contributed by atoms with van der Waals surface area (Å²) in [5.74, 6) is -1.64.